The van der Waals surface area contributed by atoms with Crippen LogP contribution in [0.25, 0.3) is 0 Å². The van der Waals surface area contributed by atoms with Crippen molar-refractivity contribution >= 4 is 11.6 Å². The van der Waals surface area contributed by atoms with Crippen LogP contribution in [0.4, 0.5) is 4.39 Å². The highest BCUT2D eigenvalue weighted by atomic mass is 35.5. The third kappa shape index (κ3) is 3.52. The number of hydrogen-bond donors (Lipinski definition) is 1. The minimum atomic E-state index is -0.391. The maximum Gasteiger partial charge on any atom is 0.141 e. The van der Waals surface area contributed by atoms with Crippen LogP contribution in [0.1, 0.15) is 29.8 Å². The number of aryl methyl sites for hydroxylation is 1. The molecule has 1 N–H and O–H groups in total. The molecule has 1 heterocycles. The molecule has 0 fully saturated rings. The van der Waals surface area contributed by atoms with Gasteiger partial charge in [-0.3, -0.25) is 4.98 Å². The monoisotopic (exact) mass is 278 g/mol. The first-order valence-corrected chi connectivity index (χ1v) is 6.54. The van der Waals surface area contributed by atoms with Crippen molar-refractivity contribution in [3.8, 4) is 0 Å². The molecule has 4 heteroatoms. The van der Waals surface area contributed by atoms with Gasteiger partial charge in [-0.05, 0) is 43.2 Å². The Bertz CT molecular complexity index is 572. The van der Waals surface area contributed by atoms with Crippen molar-refractivity contribution in [2.24, 2.45) is 0 Å². The van der Waals surface area contributed by atoms with Crippen LogP contribution in [-0.4, -0.2) is 4.98 Å². The van der Waals surface area contributed by atoms with Crippen LogP contribution in [0.2, 0.25) is 5.02 Å². The SMILES string of the molecule is Cc1cccnc1CNC(C)c1ccc(F)c(Cl)c1. The summed E-state index contributed by atoms with van der Waals surface area (Å²) in [5, 5.41) is 3.51. The molecule has 2 rings (SSSR count). The van der Waals surface area contributed by atoms with Crippen LogP contribution in [-0.2, 0) is 6.54 Å². The fourth-order valence-corrected chi connectivity index (χ4v) is 2.04. The van der Waals surface area contributed by atoms with Crippen molar-refractivity contribution in [2.45, 2.75) is 26.4 Å². The van der Waals surface area contributed by atoms with Crippen molar-refractivity contribution in [3.63, 3.8) is 0 Å². The first-order chi connectivity index (χ1) is 9.08. The van der Waals surface area contributed by atoms with Crippen molar-refractivity contribution in [1.29, 1.82) is 0 Å². The van der Waals surface area contributed by atoms with E-state index in [-0.39, 0.29) is 11.1 Å². The van der Waals surface area contributed by atoms with Crippen molar-refractivity contribution < 1.29 is 4.39 Å². The predicted molar refractivity (Wildman–Crippen MR) is 75.6 cm³/mol. The Balaban J connectivity index is 2.03. The number of benzene rings is 1. The molecule has 0 radical (unpaired) electrons. The van der Waals surface area contributed by atoms with E-state index in [1.165, 1.54) is 6.07 Å². The maximum absolute atomic E-state index is 13.1. The van der Waals surface area contributed by atoms with Gasteiger partial charge >= 0.3 is 0 Å². The van der Waals surface area contributed by atoms with E-state index in [1.807, 2.05) is 26.0 Å². The molecule has 0 aliphatic heterocycles. The summed E-state index contributed by atoms with van der Waals surface area (Å²) in [5.74, 6) is -0.391. The number of pyridine rings is 1. The third-order valence-electron chi connectivity index (χ3n) is 3.14. The van der Waals surface area contributed by atoms with Crippen LogP contribution in [0, 0.1) is 12.7 Å². The van der Waals surface area contributed by atoms with Gasteiger partial charge in [-0.25, -0.2) is 4.39 Å². The summed E-state index contributed by atoms with van der Waals surface area (Å²) in [6.45, 7) is 4.72. The lowest BCUT2D eigenvalue weighted by Crippen LogP contribution is -2.19. The second kappa shape index (κ2) is 6.13. The molecule has 0 saturated carbocycles. The first kappa shape index (κ1) is 14.0. The molecule has 2 aromatic rings. The van der Waals surface area contributed by atoms with Crippen LogP contribution in [0.5, 0.6) is 0 Å². The van der Waals surface area contributed by atoms with Gasteiger partial charge in [0, 0.05) is 18.8 Å². The minimum absolute atomic E-state index is 0.0829. The molecule has 1 aromatic heterocycles. The Labute approximate surface area is 117 Å². The topological polar surface area (TPSA) is 24.9 Å². The smallest absolute Gasteiger partial charge is 0.141 e. The molecule has 1 atom stereocenters. The van der Waals surface area contributed by atoms with Gasteiger partial charge in [-0.15, -0.1) is 0 Å². The van der Waals surface area contributed by atoms with E-state index in [0.29, 0.717) is 6.54 Å². The summed E-state index contributed by atoms with van der Waals surface area (Å²) >= 11 is 5.79. The Morgan fingerprint density at radius 1 is 1.37 bits per heavy atom. The molecule has 1 unspecified atom stereocenters. The average Bonchev–Trinajstić information content (AvgIpc) is 2.40. The van der Waals surface area contributed by atoms with Gasteiger partial charge in [0.25, 0.3) is 0 Å². The summed E-state index contributed by atoms with van der Waals surface area (Å²) in [6.07, 6.45) is 1.78. The summed E-state index contributed by atoms with van der Waals surface area (Å²) in [7, 11) is 0. The molecule has 0 bridgehead atoms. The van der Waals surface area contributed by atoms with Crippen LogP contribution in [0.3, 0.4) is 0 Å². The normalized spacial score (nSPS) is 12.4. The summed E-state index contributed by atoms with van der Waals surface area (Å²) in [6, 6.07) is 8.82. The molecule has 100 valence electrons. The lowest BCUT2D eigenvalue weighted by molar-refractivity contribution is 0.563. The number of rotatable bonds is 4. The Hall–Kier alpha value is -1.45. The second-order valence-electron chi connectivity index (χ2n) is 4.54. The number of nitrogens with zero attached hydrogens (tertiary/aromatic N) is 1. The number of hydrogen-bond acceptors (Lipinski definition) is 2. The Morgan fingerprint density at radius 3 is 2.84 bits per heavy atom. The minimum Gasteiger partial charge on any atom is -0.305 e. The molecule has 1 aromatic carbocycles. The Kier molecular flexibility index (Phi) is 4.51. The van der Waals surface area contributed by atoms with Crippen LogP contribution >= 0.6 is 11.6 Å². The van der Waals surface area contributed by atoms with Gasteiger partial charge in [0.1, 0.15) is 5.82 Å². The molecular formula is C15H16ClFN2. The van der Waals surface area contributed by atoms with E-state index in [2.05, 4.69) is 10.3 Å². The van der Waals surface area contributed by atoms with Crippen molar-refractivity contribution in [2.75, 3.05) is 0 Å². The highest BCUT2D eigenvalue weighted by molar-refractivity contribution is 6.30. The van der Waals surface area contributed by atoms with E-state index in [4.69, 9.17) is 11.6 Å². The highest BCUT2D eigenvalue weighted by Gasteiger charge is 2.08. The zero-order valence-corrected chi connectivity index (χ0v) is 11.7. The third-order valence-corrected chi connectivity index (χ3v) is 3.43. The predicted octanol–water partition coefficient (Wildman–Crippen LogP) is 4.03. The zero-order chi connectivity index (χ0) is 13.8. The number of halogens is 2. The summed E-state index contributed by atoms with van der Waals surface area (Å²) in [5.41, 5.74) is 3.13. The molecule has 0 saturated heterocycles. The molecule has 0 spiro atoms. The van der Waals surface area contributed by atoms with E-state index < -0.39 is 5.82 Å². The largest absolute Gasteiger partial charge is 0.305 e. The van der Waals surface area contributed by atoms with Gasteiger partial charge in [0.2, 0.25) is 0 Å². The molecule has 2 nitrogen and oxygen atoms in total. The van der Waals surface area contributed by atoms with Gasteiger partial charge in [0.15, 0.2) is 0 Å². The fraction of sp³-hybridized carbons (Fsp3) is 0.267. The van der Waals surface area contributed by atoms with Gasteiger partial charge in [0.05, 0.1) is 10.7 Å². The van der Waals surface area contributed by atoms with Crippen molar-refractivity contribution in [1.82, 2.24) is 10.3 Å². The molecule has 0 amide bonds. The second-order valence-corrected chi connectivity index (χ2v) is 4.95. The number of aromatic nitrogens is 1. The van der Waals surface area contributed by atoms with E-state index in [0.717, 1.165) is 16.8 Å². The standard InChI is InChI=1S/C15H16ClFN2/c1-10-4-3-7-18-15(10)9-19-11(2)12-5-6-14(17)13(16)8-12/h3-8,11,19H,9H2,1-2H3. The van der Waals surface area contributed by atoms with E-state index in [9.17, 15) is 4.39 Å². The molecular weight excluding hydrogens is 263 g/mol. The van der Waals surface area contributed by atoms with Crippen LogP contribution < -0.4 is 5.32 Å². The lowest BCUT2D eigenvalue weighted by Gasteiger charge is -2.15. The Morgan fingerprint density at radius 2 is 2.16 bits per heavy atom. The maximum atomic E-state index is 13.1. The molecule has 0 aliphatic rings. The summed E-state index contributed by atoms with van der Waals surface area (Å²) in [4.78, 5) is 4.33. The number of nitrogens with one attached hydrogen (secondary N) is 1. The summed E-state index contributed by atoms with van der Waals surface area (Å²) < 4.78 is 13.1. The molecule has 0 aliphatic carbocycles. The fourth-order valence-electron chi connectivity index (χ4n) is 1.85. The molecule has 19 heavy (non-hydrogen) atoms. The van der Waals surface area contributed by atoms with Gasteiger partial charge in [-0.2, -0.15) is 0 Å². The highest BCUT2D eigenvalue weighted by Crippen LogP contribution is 2.21. The van der Waals surface area contributed by atoms with Crippen molar-refractivity contribution in [3.05, 3.63) is 64.2 Å². The average molecular weight is 279 g/mol. The lowest BCUT2D eigenvalue weighted by atomic mass is 10.1. The van der Waals surface area contributed by atoms with E-state index >= 15 is 0 Å². The zero-order valence-electron chi connectivity index (χ0n) is 11.0. The van der Waals surface area contributed by atoms with Gasteiger partial charge < -0.3 is 5.32 Å². The quantitative estimate of drug-likeness (QED) is 0.913. The van der Waals surface area contributed by atoms with Crippen LogP contribution in [0.15, 0.2) is 36.5 Å². The van der Waals surface area contributed by atoms with Gasteiger partial charge in [-0.1, -0.05) is 23.7 Å². The van der Waals surface area contributed by atoms with E-state index in [1.54, 1.807) is 18.3 Å². The first-order valence-electron chi connectivity index (χ1n) is 6.16.